The number of carbonyl (C=O) groups is 2. The number of allylic oxidation sites excluding steroid dienone is 1. The quantitative estimate of drug-likeness (QED) is 0.429. The first kappa shape index (κ1) is 16.7. The minimum atomic E-state index is -1.26. The van der Waals surface area contributed by atoms with Crippen LogP contribution >= 0.6 is 0 Å². The Bertz CT molecular complexity index is 380. The van der Waals surface area contributed by atoms with Gasteiger partial charge in [0.2, 0.25) is 0 Å². The summed E-state index contributed by atoms with van der Waals surface area (Å²) in [4.78, 5) is 23.3. The van der Waals surface area contributed by atoms with Gasteiger partial charge >= 0.3 is 11.9 Å². The summed E-state index contributed by atoms with van der Waals surface area (Å²) in [5.41, 5.74) is 1.33. The summed E-state index contributed by atoms with van der Waals surface area (Å²) in [6.45, 7) is 6.92. The molecule has 0 aromatic heterocycles. The molecule has 0 atom stereocenters. The lowest BCUT2D eigenvalue weighted by Crippen LogP contribution is -2.33. The van der Waals surface area contributed by atoms with Gasteiger partial charge < -0.3 is 20.8 Å². The van der Waals surface area contributed by atoms with Gasteiger partial charge in [0.1, 0.15) is 0 Å². The molecule has 0 fully saturated rings. The summed E-state index contributed by atoms with van der Waals surface area (Å²) < 4.78 is 0. The Morgan fingerprint density at radius 3 is 2.26 bits per heavy atom. The number of rotatable bonds is 4. The van der Waals surface area contributed by atoms with E-state index in [1.165, 1.54) is 5.57 Å². The number of hydrogen-bond acceptors (Lipinski definition) is 5. The smallest absolute Gasteiger partial charge is 0.328 e. The van der Waals surface area contributed by atoms with Gasteiger partial charge in [0, 0.05) is 25.2 Å². The SMILES string of the molecule is CC(C)=CCNC1=NCCN1.O=C(O)/C=C/C(=O)O. The minimum Gasteiger partial charge on any atom is -0.478 e. The highest BCUT2D eigenvalue weighted by Crippen LogP contribution is 1.86. The molecule has 0 radical (unpaired) electrons. The Hall–Kier alpha value is -2.31. The van der Waals surface area contributed by atoms with E-state index in [9.17, 15) is 9.59 Å². The average Bonchev–Trinajstić information content (AvgIpc) is 2.80. The van der Waals surface area contributed by atoms with Crippen molar-refractivity contribution in [1.29, 1.82) is 0 Å². The van der Waals surface area contributed by atoms with Crippen molar-refractivity contribution in [2.45, 2.75) is 13.8 Å². The minimum absolute atomic E-state index is 0.558. The van der Waals surface area contributed by atoms with Gasteiger partial charge in [0.25, 0.3) is 0 Å². The first-order valence-corrected chi connectivity index (χ1v) is 5.71. The highest BCUT2D eigenvalue weighted by atomic mass is 16.4. The van der Waals surface area contributed by atoms with Crippen LogP contribution in [0.1, 0.15) is 13.8 Å². The van der Waals surface area contributed by atoms with E-state index in [1.807, 2.05) is 0 Å². The predicted molar refractivity (Wildman–Crippen MR) is 72.2 cm³/mol. The van der Waals surface area contributed by atoms with Crippen LogP contribution in [-0.2, 0) is 9.59 Å². The van der Waals surface area contributed by atoms with Crippen molar-refractivity contribution in [1.82, 2.24) is 10.6 Å². The highest BCUT2D eigenvalue weighted by Gasteiger charge is 2.00. The number of carboxylic acid groups (broad SMARTS) is 2. The maximum absolute atomic E-state index is 9.55. The summed E-state index contributed by atoms with van der Waals surface area (Å²) in [5.74, 6) is -1.58. The van der Waals surface area contributed by atoms with Crippen LogP contribution < -0.4 is 10.6 Å². The fraction of sp³-hybridized carbons (Fsp3) is 0.417. The number of nitrogens with one attached hydrogen (secondary N) is 2. The lowest BCUT2D eigenvalue weighted by atomic mass is 10.3. The Morgan fingerprint density at radius 2 is 1.89 bits per heavy atom. The van der Waals surface area contributed by atoms with Crippen molar-refractivity contribution in [2.24, 2.45) is 4.99 Å². The van der Waals surface area contributed by atoms with Gasteiger partial charge in [-0.25, -0.2) is 9.59 Å². The zero-order valence-electron chi connectivity index (χ0n) is 11.0. The average molecular weight is 269 g/mol. The van der Waals surface area contributed by atoms with Crippen LogP contribution in [-0.4, -0.2) is 47.7 Å². The molecule has 7 heteroatoms. The van der Waals surface area contributed by atoms with Crippen molar-refractivity contribution < 1.29 is 19.8 Å². The summed E-state index contributed by atoms with van der Waals surface area (Å²) in [5, 5.41) is 21.9. The number of carboxylic acids is 2. The predicted octanol–water partition coefficient (Wildman–Crippen LogP) is 0.213. The third-order valence-electron chi connectivity index (χ3n) is 1.82. The molecule has 0 unspecified atom stereocenters. The molecule has 0 spiro atoms. The highest BCUT2D eigenvalue weighted by molar-refractivity contribution is 5.89. The van der Waals surface area contributed by atoms with Crippen LogP contribution in [0.2, 0.25) is 0 Å². The first-order chi connectivity index (χ1) is 8.91. The zero-order chi connectivity index (χ0) is 14.7. The fourth-order valence-electron chi connectivity index (χ4n) is 1.01. The molecular weight excluding hydrogens is 250 g/mol. The summed E-state index contributed by atoms with van der Waals surface area (Å²) in [7, 11) is 0. The van der Waals surface area contributed by atoms with E-state index in [1.54, 1.807) is 0 Å². The molecule has 0 aliphatic carbocycles. The molecule has 0 aromatic rings. The second-order valence-electron chi connectivity index (χ2n) is 3.83. The molecule has 0 amide bonds. The van der Waals surface area contributed by atoms with E-state index in [4.69, 9.17) is 10.2 Å². The van der Waals surface area contributed by atoms with Crippen LogP contribution in [0.15, 0.2) is 28.8 Å². The molecule has 19 heavy (non-hydrogen) atoms. The molecule has 106 valence electrons. The molecule has 0 aromatic carbocycles. The van der Waals surface area contributed by atoms with E-state index >= 15 is 0 Å². The van der Waals surface area contributed by atoms with Gasteiger partial charge in [-0.2, -0.15) is 0 Å². The maximum Gasteiger partial charge on any atom is 0.328 e. The standard InChI is InChI=1S/C8H15N3.C4H4O4/c1-7(2)3-4-9-8-10-5-6-11-8;5-3(6)1-2-4(7)8/h3H,4-6H2,1-2H3,(H2,9,10,11);1-2H,(H,5,6)(H,7,8)/b;2-1+. The van der Waals surface area contributed by atoms with Gasteiger partial charge in [0.05, 0.1) is 6.54 Å². The third kappa shape index (κ3) is 11.9. The van der Waals surface area contributed by atoms with Crippen molar-refractivity contribution in [3.8, 4) is 0 Å². The van der Waals surface area contributed by atoms with Crippen LogP contribution in [0.25, 0.3) is 0 Å². The van der Waals surface area contributed by atoms with Crippen LogP contribution in [0, 0.1) is 0 Å². The molecule has 1 aliphatic heterocycles. The first-order valence-electron chi connectivity index (χ1n) is 5.71. The molecule has 4 N–H and O–H groups in total. The number of hydrogen-bond donors (Lipinski definition) is 4. The number of aliphatic imine (C=N–C) groups is 1. The maximum atomic E-state index is 9.55. The number of nitrogens with zero attached hydrogens (tertiary/aromatic N) is 1. The molecular formula is C12H19N3O4. The van der Waals surface area contributed by atoms with Crippen molar-refractivity contribution >= 4 is 17.9 Å². The van der Waals surface area contributed by atoms with Gasteiger partial charge in [-0.15, -0.1) is 0 Å². The molecule has 0 bridgehead atoms. The number of aliphatic carboxylic acids is 2. The Morgan fingerprint density at radius 1 is 1.32 bits per heavy atom. The monoisotopic (exact) mass is 269 g/mol. The van der Waals surface area contributed by atoms with Gasteiger partial charge in [0.15, 0.2) is 5.96 Å². The third-order valence-corrected chi connectivity index (χ3v) is 1.82. The van der Waals surface area contributed by atoms with Gasteiger partial charge in [-0.1, -0.05) is 11.6 Å². The lowest BCUT2D eigenvalue weighted by Gasteiger charge is -2.02. The molecule has 7 nitrogen and oxygen atoms in total. The normalized spacial score (nSPS) is 12.8. The van der Waals surface area contributed by atoms with Crippen LogP contribution in [0.5, 0.6) is 0 Å². The summed E-state index contributed by atoms with van der Waals surface area (Å²) in [6, 6.07) is 0. The molecule has 1 heterocycles. The Labute approximate surface area is 111 Å². The summed E-state index contributed by atoms with van der Waals surface area (Å²) >= 11 is 0. The topological polar surface area (TPSA) is 111 Å². The zero-order valence-corrected chi connectivity index (χ0v) is 11.0. The van der Waals surface area contributed by atoms with Crippen molar-refractivity contribution in [3.05, 3.63) is 23.8 Å². The molecule has 0 saturated heterocycles. The van der Waals surface area contributed by atoms with Gasteiger partial charge in [-0.3, -0.25) is 4.99 Å². The summed E-state index contributed by atoms with van der Waals surface area (Å²) in [6.07, 6.45) is 3.26. The van der Waals surface area contributed by atoms with E-state index in [0.29, 0.717) is 12.2 Å². The van der Waals surface area contributed by atoms with E-state index < -0.39 is 11.9 Å². The van der Waals surface area contributed by atoms with Crippen LogP contribution in [0.3, 0.4) is 0 Å². The molecule has 0 saturated carbocycles. The Balaban J connectivity index is 0.000000362. The fourth-order valence-corrected chi connectivity index (χ4v) is 1.01. The second-order valence-corrected chi connectivity index (χ2v) is 3.83. The van der Waals surface area contributed by atoms with Crippen molar-refractivity contribution in [2.75, 3.05) is 19.6 Å². The molecule has 1 aliphatic rings. The molecule has 1 rings (SSSR count). The number of guanidine groups is 1. The second kappa shape index (κ2) is 9.69. The van der Waals surface area contributed by atoms with E-state index in [0.717, 1.165) is 25.6 Å². The van der Waals surface area contributed by atoms with Crippen LogP contribution in [0.4, 0.5) is 0 Å². The van der Waals surface area contributed by atoms with E-state index in [2.05, 4.69) is 35.5 Å². The van der Waals surface area contributed by atoms with E-state index in [-0.39, 0.29) is 0 Å². The van der Waals surface area contributed by atoms with Crippen molar-refractivity contribution in [3.63, 3.8) is 0 Å². The van der Waals surface area contributed by atoms with Gasteiger partial charge in [-0.05, 0) is 13.8 Å². The largest absolute Gasteiger partial charge is 0.478 e. The Kier molecular flexibility index (Phi) is 8.51. The lowest BCUT2D eigenvalue weighted by molar-refractivity contribution is -0.134.